The number of hydrogen-bond acceptors (Lipinski definition) is 2. The van der Waals surface area contributed by atoms with Gasteiger partial charge in [0.1, 0.15) is 17.5 Å². The summed E-state index contributed by atoms with van der Waals surface area (Å²) in [4.78, 5) is 4.31. The fourth-order valence-electron chi connectivity index (χ4n) is 3.46. The Morgan fingerprint density at radius 2 is 1.37 bits per heavy atom. The van der Waals surface area contributed by atoms with Gasteiger partial charge in [0.05, 0.1) is 11.1 Å². The first kappa shape index (κ1) is 20.1. The van der Waals surface area contributed by atoms with E-state index in [0.717, 1.165) is 23.3 Å². The molecular weight excluding hydrogens is 399 g/mol. The molecule has 0 fully saturated rings. The molecule has 0 bridgehead atoms. The van der Waals surface area contributed by atoms with Crippen LogP contribution in [0.5, 0.6) is 0 Å². The third kappa shape index (κ3) is 4.06. The molecular formula is C23H17F5N2. The fourth-order valence-corrected chi connectivity index (χ4v) is 3.46. The van der Waals surface area contributed by atoms with Gasteiger partial charge in [-0.3, -0.25) is 4.99 Å². The summed E-state index contributed by atoms with van der Waals surface area (Å²) in [5.41, 5.74) is 1.63. The molecule has 0 amide bonds. The number of halogens is 5. The van der Waals surface area contributed by atoms with E-state index < -0.39 is 23.4 Å². The van der Waals surface area contributed by atoms with Crippen molar-refractivity contribution in [3.63, 3.8) is 0 Å². The largest absolute Gasteiger partial charge is 0.416 e. The van der Waals surface area contributed by atoms with Crippen molar-refractivity contribution in [1.82, 2.24) is 5.32 Å². The van der Waals surface area contributed by atoms with Crippen LogP contribution in [0.1, 0.15) is 22.6 Å². The number of aliphatic imine (C=N–C) groups is 1. The molecule has 0 spiro atoms. The molecule has 154 valence electrons. The Labute approximate surface area is 170 Å². The Morgan fingerprint density at radius 1 is 0.800 bits per heavy atom. The highest BCUT2D eigenvalue weighted by atomic mass is 19.4. The number of rotatable bonds is 3. The zero-order valence-electron chi connectivity index (χ0n) is 15.7. The van der Waals surface area contributed by atoms with Gasteiger partial charge >= 0.3 is 6.18 Å². The second-order valence-corrected chi connectivity index (χ2v) is 7.06. The van der Waals surface area contributed by atoms with Crippen LogP contribution < -0.4 is 5.32 Å². The van der Waals surface area contributed by atoms with E-state index in [9.17, 15) is 22.0 Å². The molecule has 3 aromatic carbocycles. The average molecular weight is 416 g/mol. The summed E-state index contributed by atoms with van der Waals surface area (Å²) in [6.07, 6.45) is -4.36. The zero-order valence-corrected chi connectivity index (χ0v) is 15.7. The number of benzene rings is 3. The fraction of sp³-hybridized carbons (Fsp3) is 0.174. The smallest absolute Gasteiger partial charge is 0.369 e. The van der Waals surface area contributed by atoms with Gasteiger partial charge in [-0.25, -0.2) is 8.78 Å². The molecule has 0 saturated heterocycles. The van der Waals surface area contributed by atoms with E-state index in [1.165, 1.54) is 30.3 Å². The summed E-state index contributed by atoms with van der Waals surface area (Å²) in [7, 11) is 0. The minimum absolute atomic E-state index is 0.0187. The van der Waals surface area contributed by atoms with Crippen LogP contribution in [-0.2, 0) is 6.18 Å². The lowest BCUT2D eigenvalue weighted by Crippen LogP contribution is -2.36. The van der Waals surface area contributed by atoms with Gasteiger partial charge < -0.3 is 5.32 Å². The summed E-state index contributed by atoms with van der Waals surface area (Å²) >= 11 is 0. The van der Waals surface area contributed by atoms with Crippen LogP contribution in [0.15, 0.2) is 71.7 Å². The van der Waals surface area contributed by atoms with Gasteiger partial charge in [-0.1, -0.05) is 42.5 Å². The maximum atomic E-state index is 13.9. The summed E-state index contributed by atoms with van der Waals surface area (Å²) in [5, 5.41) is 3.00. The van der Waals surface area contributed by atoms with E-state index in [2.05, 4.69) is 10.3 Å². The van der Waals surface area contributed by atoms with Crippen LogP contribution in [-0.4, -0.2) is 18.9 Å². The SMILES string of the molecule is Fc1cccc(F)c1C1=NCC(c2ccc(-c3ccc(C(F)(F)F)cc3)cc2)CN1. The Balaban J connectivity index is 1.48. The summed E-state index contributed by atoms with van der Waals surface area (Å²) < 4.78 is 66.0. The lowest BCUT2D eigenvalue weighted by Gasteiger charge is -2.24. The van der Waals surface area contributed by atoms with Crippen LogP contribution in [0, 0.1) is 11.6 Å². The summed E-state index contributed by atoms with van der Waals surface area (Å²) in [5.74, 6) is -1.12. The van der Waals surface area contributed by atoms with Crippen LogP contribution in [0.2, 0.25) is 0 Å². The van der Waals surface area contributed by atoms with Crippen molar-refractivity contribution in [2.24, 2.45) is 4.99 Å². The van der Waals surface area contributed by atoms with Gasteiger partial charge in [0.2, 0.25) is 0 Å². The molecule has 0 aliphatic carbocycles. The second kappa shape index (κ2) is 7.89. The molecule has 30 heavy (non-hydrogen) atoms. The third-order valence-corrected chi connectivity index (χ3v) is 5.11. The average Bonchev–Trinajstić information content (AvgIpc) is 2.74. The lowest BCUT2D eigenvalue weighted by molar-refractivity contribution is -0.137. The standard InChI is InChI=1S/C23H17F5N2/c24-19-2-1-3-20(25)21(19)22-29-12-17(13-30-22)16-6-4-14(5-7-16)15-8-10-18(11-9-15)23(26,27)28/h1-11,17H,12-13H2,(H,29,30). The zero-order chi connectivity index (χ0) is 21.3. The summed E-state index contributed by atoms with van der Waals surface area (Å²) in [6.45, 7) is 0.835. The number of nitrogens with zero attached hydrogens (tertiary/aromatic N) is 1. The molecule has 0 radical (unpaired) electrons. The molecule has 4 rings (SSSR count). The highest BCUT2D eigenvalue weighted by Crippen LogP contribution is 2.31. The van der Waals surface area contributed by atoms with Crippen LogP contribution in [0.25, 0.3) is 11.1 Å². The van der Waals surface area contributed by atoms with Crippen molar-refractivity contribution < 1.29 is 22.0 Å². The van der Waals surface area contributed by atoms with E-state index >= 15 is 0 Å². The van der Waals surface area contributed by atoms with Crippen molar-refractivity contribution >= 4 is 5.84 Å². The van der Waals surface area contributed by atoms with Crippen molar-refractivity contribution in [1.29, 1.82) is 0 Å². The molecule has 1 unspecified atom stereocenters. The molecule has 2 nitrogen and oxygen atoms in total. The Kier molecular flexibility index (Phi) is 5.28. The van der Waals surface area contributed by atoms with Crippen LogP contribution >= 0.6 is 0 Å². The number of hydrogen-bond donors (Lipinski definition) is 1. The van der Waals surface area contributed by atoms with Gasteiger partial charge in [-0.15, -0.1) is 0 Å². The molecule has 3 aromatic rings. The predicted molar refractivity (Wildman–Crippen MR) is 105 cm³/mol. The number of nitrogens with one attached hydrogen (secondary N) is 1. The first-order chi connectivity index (χ1) is 14.3. The third-order valence-electron chi connectivity index (χ3n) is 5.11. The quantitative estimate of drug-likeness (QED) is 0.538. The molecule has 7 heteroatoms. The molecule has 1 aliphatic heterocycles. The monoisotopic (exact) mass is 416 g/mol. The molecule has 0 aromatic heterocycles. The maximum absolute atomic E-state index is 13.9. The normalized spacial score (nSPS) is 16.7. The number of amidine groups is 1. The van der Waals surface area contributed by atoms with Crippen molar-refractivity contribution in [2.75, 3.05) is 13.1 Å². The lowest BCUT2D eigenvalue weighted by atomic mass is 9.94. The van der Waals surface area contributed by atoms with Crippen LogP contribution in [0.4, 0.5) is 22.0 Å². The Bertz CT molecular complexity index is 1050. The van der Waals surface area contributed by atoms with Crippen molar-refractivity contribution in [3.05, 3.63) is 95.1 Å². The maximum Gasteiger partial charge on any atom is 0.416 e. The van der Waals surface area contributed by atoms with Crippen LogP contribution in [0.3, 0.4) is 0 Å². The molecule has 1 heterocycles. The summed E-state index contributed by atoms with van der Waals surface area (Å²) in [6, 6.07) is 16.2. The highest BCUT2D eigenvalue weighted by Gasteiger charge is 2.30. The topological polar surface area (TPSA) is 24.4 Å². The molecule has 1 aliphatic rings. The van der Waals surface area contributed by atoms with Gasteiger partial charge in [-0.2, -0.15) is 13.2 Å². The van der Waals surface area contributed by atoms with Gasteiger partial charge in [0.15, 0.2) is 0 Å². The first-order valence-corrected chi connectivity index (χ1v) is 9.33. The van der Waals surface area contributed by atoms with E-state index in [1.54, 1.807) is 0 Å². The van der Waals surface area contributed by atoms with E-state index in [0.29, 0.717) is 18.7 Å². The van der Waals surface area contributed by atoms with E-state index in [1.807, 2.05) is 24.3 Å². The van der Waals surface area contributed by atoms with Gasteiger partial charge in [0, 0.05) is 19.0 Å². The Hall–Kier alpha value is -3.22. The molecule has 1 N–H and O–H groups in total. The Morgan fingerprint density at radius 3 is 1.87 bits per heavy atom. The first-order valence-electron chi connectivity index (χ1n) is 9.33. The number of alkyl halides is 3. The second-order valence-electron chi connectivity index (χ2n) is 7.06. The van der Waals surface area contributed by atoms with Crippen molar-refractivity contribution in [2.45, 2.75) is 12.1 Å². The van der Waals surface area contributed by atoms with E-state index in [-0.39, 0.29) is 17.3 Å². The van der Waals surface area contributed by atoms with Crippen molar-refractivity contribution in [3.8, 4) is 11.1 Å². The van der Waals surface area contributed by atoms with E-state index in [4.69, 9.17) is 0 Å². The molecule has 0 saturated carbocycles. The molecule has 1 atom stereocenters. The highest BCUT2D eigenvalue weighted by molar-refractivity contribution is 5.99. The van der Waals surface area contributed by atoms with Gasteiger partial charge in [0.25, 0.3) is 0 Å². The predicted octanol–water partition coefficient (Wildman–Crippen LogP) is 5.78. The minimum atomic E-state index is -4.36. The van der Waals surface area contributed by atoms with Gasteiger partial charge in [-0.05, 0) is 41.0 Å². The minimum Gasteiger partial charge on any atom is -0.369 e.